The van der Waals surface area contributed by atoms with Crippen LogP contribution in [0.4, 0.5) is 0 Å². The zero-order valence-electron chi connectivity index (χ0n) is 11.3. The third kappa shape index (κ3) is 11.7. The van der Waals surface area contributed by atoms with Crippen LogP contribution in [0.2, 0.25) is 0 Å². The number of carbonyl (C=O) groups excluding carboxylic acids is 1. The van der Waals surface area contributed by atoms with Gasteiger partial charge in [0.05, 0.1) is 6.10 Å². The fourth-order valence-electron chi connectivity index (χ4n) is 1.61. The van der Waals surface area contributed by atoms with E-state index in [1.165, 1.54) is 38.5 Å². The van der Waals surface area contributed by atoms with Crippen molar-refractivity contribution in [1.82, 2.24) is 0 Å². The van der Waals surface area contributed by atoms with Gasteiger partial charge in [-0.15, -0.1) is 0 Å². The number of ether oxygens (including phenoxy) is 1. The van der Waals surface area contributed by atoms with E-state index in [9.17, 15) is 4.79 Å². The van der Waals surface area contributed by atoms with Crippen molar-refractivity contribution in [2.24, 2.45) is 0 Å². The molecule has 0 aromatic rings. The number of unbranched alkanes of at least 4 members (excludes halogenated alkanes) is 6. The lowest BCUT2D eigenvalue weighted by atomic mass is 10.1. The lowest BCUT2D eigenvalue weighted by Crippen LogP contribution is -2.12. The van der Waals surface area contributed by atoms with Gasteiger partial charge < -0.3 is 4.74 Å². The second kappa shape index (κ2) is 11.1. The Labute approximate surface area is 101 Å². The number of carbonyl (C=O) groups is 1. The van der Waals surface area contributed by atoms with Crippen LogP contribution in [0.3, 0.4) is 0 Å². The molecule has 0 amide bonds. The van der Waals surface area contributed by atoms with Crippen LogP contribution in [0.5, 0.6) is 0 Å². The molecule has 0 spiro atoms. The minimum absolute atomic E-state index is 0.165. The average molecular weight is 228 g/mol. The number of Topliss-reactive ketones (excluding diaryl/α,β-unsaturated/α-hetero) is 1. The standard InChI is InChI=1S/C14H28O2/c1-4-5-6-7-8-9-10-11-14(15)12-16-13(2)3/h13H,4-12H2,1-3H3. The molecule has 0 aliphatic rings. The van der Waals surface area contributed by atoms with Gasteiger partial charge in [0.2, 0.25) is 0 Å². The topological polar surface area (TPSA) is 26.3 Å². The minimum atomic E-state index is 0.165. The van der Waals surface area contributed by atoms with Gasteiger partial charge in [-0.05, 0) is 20.3 Å². The molecule has 0 rings (SSSR count). The number of hydrogen-bond acceptors (Lipinski definition) is 2. The molecular formula is C14H28O2. The molecule has 0 bridgehead atoms. The Morgan fingerprint density at radius 1 is 1.00 bits per heavy atom. The van der Waals surface area contributed by atoms with Crippen molar-refractivity contribution in [3.05, 3.63) is 0 Å². The van der Waals surface area contributed by atoms with Gasteiger partial charge in [0.1, 0.15) is 6.61 Å². The Morgan fingerprint density at radius 2 is 1.56 bits per heavy atom. The van der Waals surface area contributed by atoms with Crippen LogP contribution in [0.25, 0.3) is 0 Å². The first kappa shape index (κ1) is 15.6. The summed E-state index contributed by atoms with van der Waals surface area (Å²) in [4.78, 5) is 11.4. The lowest BCUT2D eigenvalue weighted by molar-refractivity contribution is -0.125. The molecule has 0 saturated carbocycles. The van der Waals surface area contributed by atoms with E-state index >= 15 is 0 Å². The summed E-state index contributed by atoms with van der Waals surface area (Å²) < 4.78 is 5.26. The summed E-state index contributed by atoms with van der Waals surface area (Å²) >= 11 is 0. The predicted octanol–water partition coefficient (Wildman–Crippen LogP) is 4.12. The molecule has 0 heterocycles. The summed E-state index contributed by atoms with van der Waals surface area (Å²) in [7, 11) is 0. The Hall–Kier alpha value is -0.370. The fraction of sp³-hybridized carbons (Fsp3) is 0.929. The molecule has 0 radical (unpaired) electrons. The first-order chi connectivity index (χ1) is 7.66. The van der Waals surface area contributed by atoms with E-state index in [2.05, 4.69) is 6.92 Å². The summed E-state index contributed by atoms with van der Waals surface area (Å²) in [6.07, 6.45) is 9.68. The van der Waals surface area contributed by atoms with Crippen LogP contribution in [-0.4, -0.2) is 18.5 Å². The maximum Gasteiger partial charge on any atom is 0.158 e. The molecule has 2 heteroatoms. The molecule has 0 aromatic heterocycles. The summed E-state index contributed by atoms with van der Waals surface area (Å²) in [5.74, 6) is 0.252. The van der Waals surface area contributed by atoms with Crippen molar-refractivity contribution >= 4 is 5.78 Å². The van der Waals surface area contributed by atoms with Crippen molar-refractivity contribution in [2.45, 2.75) is 78.2 Å². The zero-order chi connectivity index (χ0) is 12.2. The summed E-state index contributed by atoms with van der Waals surface area (Å²) in [5.41, 5.74) is 0. The highest BCUT2D eigenvalue weighted by Crippen LogP contribution is 2.08. The average Bonchev–Trinajstić information content (AvgIpc) is 2.25. The van der Waals surface area contributed by atoms with E-state index in [1.54, 1.807) is 0 Å². The molecule has 0 unspecified atom stereocenters. The smallest absolute Gasteiger partial charge is 0.158 e. The van der Waals surface area contributed by atoms with Gasteiger partial charge in [-0.3, -0.25) is 4.79 Å². The van der Waals surface area contributed by atoms with Crippen LogP contribution in [-0.2, 0) is 9.53 Å². The van der Waals surface area contributed by atoms with E-state index in [0.29, 0.717) is 13.0 Å². The summed E-state index contributed by atoms with van der Waals surface area (Å²) in [6.45, 7) is 6.45. The van der Waals surface area contributed by atoms with Crippen molar-refractivity contribution in [3.8, 4) is 0 Å². The fourth-order valence-corrected chi connectivity index (χ4v) is 1.61. The molecule has 0 atom stereocenters. The SMILES string of the molecule is CCCCCCCCCC(=O)COC(C)C. The van der Waals surface area contributed by atoms with Gasteiger partial charge in [-0.1, -0.05) is 45.4 Å². The Balaban J connectivity index is 3.15. The molecule has 0 fully saturated rings. The zero-order valence-corrected chi connectivity index (χ0v) is 11.3. The molecule has 0 saturated heterocycles. The van der Waals surface area contributed by atoms with Gasteiger partial charge in [-0.2, -0.15) is 0 Å². The molecule has 0 aliphatic carbocycles. The van der Waals surface area contributed by atoms with E-state index in [4.69, 9.17) is 4.74 Å². The third-order valence-electron chi connectivity index (χ3n) is 2.64. The largest absolute Gasteiger partial charge is 0.371 e. The van der Waals surface area contributed by atoms with Crippen molar-refractivity contribution in [1.29, 1.82) is 0 Å². The Morgan fingerprint density at radius 3 is 2.12 bits per heavy atom. The number of rotatable bonds is 11. The molecule has 96 valence electrons. The normalized spacial score (nSPS) is 11.0. The van der Waals surface area contributed by atoms with Gasteiger partial charge in [0, 0.05) is 6.42 Å². The van der Waals surface area contributed by atoms with E-state index in [-0.39, 0.29) is 11.9 Å². The van der Waals surface area contributed by atoms with E-state index in [1.807, 2.05) is 13.8 Å². The molecule has 0 aliphatic heterocycles. The third-order valence-corrected chi connectivity index (χ3v) is 2.64. The first-order valence-corrected chi connectivity index (χ1v) is 6.80. The highest BCUT2D eigenvalue weighted by atomic mass is 16.5. The van der Waals surface area contributed by atoms with Crippen LogP contribution >= 0.6 is 0 Å². The Bertz CT molecular complexity index is 164. The second-order valence-electron chi connectivity index (χ2n) is 4.77. The molecule has 0 N–H and O–H groups in total. The second-order valence-corrected chi connectivity index (χ2v) is 4.77. The van der Waals surface area contributed by atoms with E-state index < -0.39 is 0 Å². The van der Waals surface area contributed by atoms with Gasteiger partial charge in [-0.25, -0.2) is 0 Å². The van der Waals surface area contributed by atoms with Crippen molar-refractivity contribution < 1.29 is 9.53 Å². The van der Waals surface area contributed by atoms with Crippen LogP contribution < -0.4 is 0 Å². The maximum absolute atomic E-state index is 11.4. The van der Waals surface area contributed by atoms with Crippen LogP contribution in [0, 0.1) is 0 Å². The quantitative estimate of drug-likeness (QED) is 0.497. The maximum atomic E-state index is 11.4. The number of hydrogen-bond donors (Lipinski definition) is 0. The van der Waals surface area contributed by atoms with Crippen molar-refractivity contribution in [3.63, 3.8) is 0 Å². The minimum Gasteiger partial charge on any atom is -0.371 e. The molecule has 2 nitrogen and oxygen atoms in total. The highest BCUT2D eigenvalue weighted by Gasteiger charge is 2.03. The number of ketones is 1. The van der Waals surface area contributed by atoms with Gasteiger partial charge in [0.25, 0.3) is 0 Å². The van der Waals surface area contributed by atoms with Crippen LogP contribution in [0.15, 0.2) is 0 Å². The van der Waals surface area contributed by atoms with Crippen LogP contribution in [0.1, 0.15) is 72.1 Å². The highest BCUT2D eigenvalue weighted by molar-refractivity contribution is 5.79. The van der Waals surface area contributed by atoms with Gasteiger partial charge >= 0.3 is 0 Å². The Kier molecular flexibility index (Phi) is 10.9. The summed E-state index contributed by atoms with van der Waals surface area (Å²) in [5, 5.41) is 0. The van der Waals surface area contributed by atoms with Crippen molar-refractivity contribution in [2.75, 3.05) is 6.61 Å². The monoisotopic (exact) mass is 228 g/mol. The molecule has 16 heavy (non-hydrogen) atoms. The summed E-state index contributed by atoms with van der Waals surface area (Å²) in [6, 6.07) is 0. The molecular weight excluding hydrogens is 200 g/mol. The van der Waals surface area contributed by atoms with E-state index in [0.717, 1.165) is 6.42 Å². The predicted molar refractivity (Wildman–Crippen MR) is 68.7 cm³/mol. The lowest BCUT2D eigenvalue weighted by Gasteiger charge is -2.06. The first-order valence-electron chi connectivity index (χ1n) is 6.80. The van der Waals surface area contributed by atoms with Gasteiger partial charge in [0.15, 0.2) is 5.78 Å². The molecule has 0 aromatic carbocycles.